The first-order chi connectivity index (χ1) is 10.7. The van der Waals surface area contributed by atoms with E-state index in [4.69, 9.17) is 23.2 Å². The SMILES string of the molecule is Clc1cccc([CH]CC2CCN(c3ccccn3)CC2)c1Cl. The minimum absolute atomic E-state index is 0.625. The zero-order valence-corrected chi connectivity index (χ0v) is 13.9. The molecule has 3 rings (SSSR count). The summed E-state index contributed by atoms with van der Waals surface area (Å²) in [5.41, 5.74) is 1.04. The van der Waals surface area contributed by atoms with Crippen LogP contribution in [0.4, 0.5) is 5.82 Å². The molecule has 0 atom stereocenters. The molecule has 1 fully saturated rings. The number of aromatic nitrogens is 1. The summed E-state index contributed by atoms with van der Waals surface area (Å²) in [5.74, 6) is 1.79. The maximum absolute atomic E-state index is 6.23. The van der Waals surface area contributed by atoms with E-state index in [0.717, 1.165) is 30.9 Å². The molecule has 0 amide bonds. The molecule has 0 N–H and O–H groups in total. The third kappa shape index (κ3) is 3.74. The number of anilines is 1. The summed E-state index contributed by atoms with van der Waals surface area (Å²) in [6.45, 7) is 2.14. The molecule has 0 spiro atoms. The van der Waals surface area contributed by atoms with Crippen LogP contribution in [0.3, 0.4) is 0 Å². The van der Waals surface area contributed by atoms with Gasteiger partial charge in [0.05, 0.1) is 10.0 Å². The van der Waals surface area contributed by atoms with Crippen LogP contribution in [0.2, 0.25) is 10.0 Å². The minimum atomic E-state index is 0.625. The van der Waals surface area contributed by atoms with Gasteiger partial charge in [0.15, 0.2) is 0 Å². The van der Waals surface area contributed by atoms with E-state index in [1.807, 2.05) is 36.5 Å². The Morgan fingerprint density at radius 1 is 1.09 bits per heavy atom. The van der Waals surface area contributed by atoms with Crippen molar-refractivity contribution in [3.63, 3.8) is 0 Å². The Morgan fingerprint density at radius 3 is 2.64 bits per heavy atom. The molecule has 1 saturated heterocycles. The predicted octanol–water partition coefficient (Wildman–Crippen LogP) is 5.25. The molecule has 2 heterocycles. The monoisotopic (exact) mass is 333 g/mol. The first kappa shape index (κ1) is 15.6. The Labute approximate surface area is 142 Å². The van der Waals surface area contributed by atoms with Crippen molar-refractivity contribution < 1.29 is 0 Å². The lowest BCUT2D eigenvalue weighted by atomic mass is 9.90. The van der Waals surface area contributed by atoms with Gasteiger partial charge >= 0.3 is 0 Å². The largest absolute Gasteiger partial charge is 0.357 e. The van der Waals surface area contributed by atoms with Gasteiger partial charge in [-0.3, -0.25) is 0 Å². The first-order valence-corrected chi connectivity index (χ1v) is 8.43. The molecule has 2 nitrogen and oxygen atoms in total. The third-order valence-electron chi connectivity index (χ3n) is 4.24. The van der Waals surface area contributed by atoms with Crippen molar-refractivity contribution in [2.75, 3.05) is 18.0 Å². The van der Waals surface area contributed by atoms with Crippen molar-refractivity contribution >= 4 is 29.0 Å². The van der Waals surface area contributed by atoms with Crippen LogP contribution in [0.1, 0.15) is 24.8 Å². The summed E-state index contributed by atoms with van der Waals surface area (Å²) in [6, 6.07) is 11.9. The lowest BCUT2D eigenvalue weighted by molar-refractivity contribution is 0.401. The van der Waals surface area contributed by atoms with Crippen molar-refractivity contribution in [3.05, 3.63) is 64.6 Å². The van der Waals surface area contributed by atoms with Gasteiger partial charge in [-0.05, 0) is 55.4 Å². The van der Waals surface area contributed by atoms with Crippen LogP contribution >= 0.6 is 23.2 Å². The number of benzene rings is 1. The Hall–Kier alpha value is -1.25. The highest BCUT2D eigenvalue weighted by molar-refractivity contribution is 6.42. The minimum Gasteiger partial charge on any atom is -0.357 e. The molecule has 115 valence electrons. The molecule has 0 aliphatic carbocycles. The van der Waals surface area contributed by atoms with Gasteiger partial charge in [-0.1, -0.05) is 41.4 Å². The molecule has 22 heavy (non-hydrogen) atoms. The number of hydrogen-bond acceptors (Lipinski definition) is 2. The van der Waals surface area contributed by atoms with Crippen LogP contribution in [0.15, 0.2) is 42.6 Å². The quantitative estimate of drug-likeness (QED) is 0.759. The number of nitrogens with zero attached hydrogens (tertiary/aromatic N) is 2. The highest BCUT2D eigenvalue weighted by Gasteiger charge is 2.20. The highest BCUT2D eigenvalue weighted by atomic mass is 35.5. The fourth-order valence-corrected chi connectivity index (χ4v) is 3.30. The number of pyridine rings is 1. The van der Waals surface area contributed by atoms with Gasteiger partial charge < -0.3 is 4.90 Å². The topological polar surface area (TPSA) is 16.1 Å². The van der Waals surface area contributed by atoms with E-state index in [9.17, 15) is 0 Å². The normalized spacial score (nSPS) is 16.0. The van der Waals surface area contributed by atoms with Crippen LogP contribution in [0.25, 0.3) is 0 Å². The second-order valence-electron chi connectivity index (χ2n) is 5.70. The van der Waals surface area contributed by atoms with Crippen LogP contribution in [-0.4, -0.2) is 18.1 Å². The zero-order chi connectivity index (χ0) is 15.4. The summed E-state index contributed by atoms with van der Waals surface area (Å²) in [4.78, 5) is 6.79. The maximum atomic E-state index is 6.23. The predicted molar refractivity (Wildman–Crippen MR) is 93.7 cm³/mol. The Kier molecular flexibility index (Phi) is 5.22. The van der Waals surface area contributed by atoms with Gasteiger partial charge in [-0.25, -0.2) is 4.98 Å². The first-order valence-electron chi connectivity index (χ1n) is 7.67. The summed E-state index contributed by atoms with van der Waals surface area (Å²) in [6.07, 6.45) is 7.50. The summed E-state index contributed by atoms with van der Waals surface area (Å²) in [7, 11) is 0. The number of hydrogen-bond donors (Lipinski definition) is 0. The molecular formula is C18H19Cl2N2. The molecule has 1 aromatic carbocycles. The lowest BCUT2D eigenvalue weighted by Gasteiger charge is -2.32. The van der Waals surface area contributed by atoms with Crippen LogP contribution in [0, 0.1) is 12.3 Å². The van der Waals surface area contributed by atoms with Crippen LogP contribution in [-0.2, 0) is 0 Å². The van der Waals surface area contributed by atoms with Crippen molar-refractivity contribution in [1.82, 2.24) is 4.98 Å². The molecule has 0 saturated carbocycles. The summed E-state index contributed by atoms with van der Waals surface area (Å²) < 4.78 is 0. The fraction of sp³-hybridized carbons (Fsp3) is 0.333. The summed E-state index contributed by atoms with van der Waals surface area (Å²) in [5, 5.41) is 1.29. The van der Waals surface area contributed by atoms with Gasteiger partial charge in [-0.2, -0.15) is 0 Å². The van der Waals surface area contributed by atoms with E-state index < -0.39 is 0 Å². The van der Waals surface area contributed by atoms with E-state index in [1.54, 1.807) is 0 Å². The zero-order valence-electron chi connectivity index (χ0n) is 12.4. The summed E-state index contributed by atoms with van der Waals surface area (Å²) >= 11 is 12.3. The van der Waals surface area contributed by atoms with Crippen molar-refractivity contribution in [2.24, 2.45) is 5.92 Å². The van der Waals surface area contributed by atoms with E-state index >= 15 is 0 Å². The standard InChI is InChI=1S/C18H19Cl2N2/c19-16-5-3-4-15(18(16)20)8-7-14-9-12-22(13-10-14)17-6-1-2-11-21-17/h1-6,8,11,14H,7,9-10,12-13H2. The van der Waals surface area contributed by atoms with E-state index in [1.165, 1.54) is 12.8 Å². The van der Waals surface area contributed by atoms with E-state index in [0.29, 0.717) is 16.0 Å². The molecule has 4 heteroatoms. The van der Waals surface area contributed by atoms with Crippen molar-refractivity contribution in [2.45, 2.75) is 19.3 Å². The molecule has 1 aliphatic heterocycles. The molecule has 1 aliphatic rings. The van der Waals surface area contributed by atoms with Crippen LogP contribution < -0.4 is 4.90 Å². The van der Waals surface area contributed by atoms with Gasteiger partial charge in [0.25, 0.3) is 0 Å². The van der Waals surface area contributed by atoms with E-state index in [-0.39, 0.29) is 0 Å². The lowest BCUT2D eigenvalue weighted by Crippen LogP contribution is -2.34. The Bertz CT molecular complexity index is 608. The van der Waals surface area contributed by atoms with Gasteiger partial charge in [-0.15, -0.1) is 0 Å². The van der Waals surface area contributed by atoms with Crippen molar-refractivity contribution in [3.8, 4) is 0 Å². The molecule has 0 bridgehead atoms. The molecule has 0 unspecified atom stereocenters. The number of halogens is 2. The average Bonchev–Trinajstić information content (AvgIpc) is 2.57. The molecule has 2 aromatic rings. The number of piperidine rings is 1. The smallest absolute Gasteiger partial charge is 0.128 e. The molecular weight excluding hydrogens is 315 g/mol. The Morgan fingerprint density at radius 2 is 1.91 bits per heavy atom. The second-order valence-corrected chi connectivity index (χ2v) is 6.49. The fourth-order valence-electron chi connectivity index (χ4n) is 2.91. The van der Waals surface area contributed by atoms with Crippen molar-refractivity contribution in [1.29, 1.82) is 0 Å². The van der Waals surface area contributed by atoms with Gasteiger partial charge in [0, 0.05) is 19.3 Å². The maximum Gasteiger partial charge on any atom is 0.128 e. The van der Waals surface area contributed by atoms with E-state index in [2.05, 4.69) is 22.4 Å². The molecule has 1 aromatic heterocycles. The number of rotatable bonds is 4. The van der Waals surface area contributed by atoms with Gasteiger partial charge in [0.2, 0.25) is 0 Å². The average molecular weight is 334 g/mol. The second kappa shape index (κ2) is 7.34. The third-order valence-corrected chi connectivity index (χ3v) is 5.07. The highest BCUT2D eigenvalue weighted by Crippen LogP contribution is 2.30. The Balaban J connectivity index is 1.51. The van der Waals surface area contributed by atoms with Gasteiger partial charge in [0.1, 0.15) is 5.82 Å². The van der Waals surface area contributed by atoms with Crippen LogP contribution in [0.5, 0.6) is 0 Å². The molecule has 1 radical (unpaired) electrons.